The Kier molecular flexibility index (Phi) is 2.08. The molecule has 0 N–H and O–H groups in total. The van der Waals surface area contributed by atoms with Crippen LogP contribution in [0.3, 0.4) is 0 Å². The molecule has 3 rings (SSSR count). The molecule has 0 saturated heterocycles. The Labute approximate surface area is 102 Å². The molecule has 0 aliphatic carbocycles. The number of hydrogen-bond acceptors (Lipinski definition) is 1. The number of para-hydroxylation sites is 1. The van der Waals surface area contributed by atoms with Gasteiger partial charge in [0.05, 0.1) is 0 Å². The van der Waals surface area contributed by atoms with E-state index in [1.54, 1.807) is 0 Å². The predicted octanol–water partition coefficient (Wildman–Crippen LogP) is 4.14. The first-order valence-corrected chi connectivity index (χ1v) is 5.81. The van der Waals surface area contributed by atoms with E-state index in [2.05, 4.69) is 67.9 Å². The van der Waals surface area contributed by atoms with Gasteiger partial charge in [-0.2, -0.15) is 0 Å². The first kappa shape index (κ1) is 10.2. The quantitative estimate of drug-likeness (QED) is 0.646. The largest absolute Gasteiger partial charge is 0.344 e. The van der Waals surface area contributed by atoms with E-state index in [0.717, 1.165) is 5.57 Å². The molecule has 17 heavy (non-hydrogen) atoms. The lowest BCUT2D eigenvalue weighted by molar-refractivity contribution is 1.17. The second kappa shape index (κ2) is 3.49. The van der Waals surface area contributed by atoms with Gasteiger partial charge in [-0.05, 0) is 30.2 Å². The molecule has 0 saturated carbocycles. The number of hydrogen-bond donors (Lipinski definition) is 0. The maximum absolute atomic E-state index is 4.23. The van der Waals surface area contributed by atoms with Crippen LogP contribution in [0.2, 0.25) is 0 Å². The molecule has 2 aromatic carbocycles. The van der Waals surface area contributed by atoms with E-state index < -0.39 is 0 Å². The van der Waals surface area contributed by atoms with Crippen LogP contribution in [0.4, 0.5) is 11.4 Å². The average molecular weight is 221 g/mol. The van der Waals surface area contributed by atoms with Crippen molar-refractivity contribution in [1.29, 1.82) is 0 Å². The molecule has 1 nitrogen and oxygen atoms in total. The zero-order valence-electron chi connectivity index (χ0n) is 10.2. The van der Waals surface area contributed by atoms with Crippen molar-refractivity contribution in [2.75, 3.05) is 11.9 Å². The summed E-state index contributed by atoms with van der Waals surface area (Å²) in [5.41, 5.74) is 7.34. The van der Waals surface area contributed by atoms with Crippen LogP contribution in [0.5, 0.6) is 0 Å². The second-order valence-corrected chi connectivity index (χ2v) is 4.58. The van der Waals surface area contributed by atoms with Gasteiger partial charge in [-0.25, -0.2) is 0 Å². The fourth-order valence-electron chi connectivity index (χ4n) is 2.47. The summed E-state index contributed by atoms with van der Waals surface area (Å²) in [4.78, 5) is 2.24. The van der Waals surface area contributed by atoms with Crippen LogP contribution < -0.4 is 4.90 Å². The van der Waals surface area contributed by atoms with Crippen LogP contribution in [0.15, 0.2) is 49.0 Å². The number of anilines is 2. The highest BCUT2D eigenvalue weighted by molar-refractivity contribution is 5.96. The first-order chi connectivity index (χ1) is 8.18. The fourth-order valence-corrected chi connectivity index (χ4v) is 2.47. The van der Waals surface area contributed by atoms with Gasteiger partial charge in [0.2, 0.25) is 0 Å². The average Bonchev–Trinajstić information content (AvgIpc) is 2.36. The van der Waals surface area contributed by atoms with E-state index in [4.69, 9.17) is 0 Å². The Morgan fingerprint density at radius 2 is 1.65 bits per heavy atom. The number of aryl methyl sites for hydroxylation is 1. The minimum atomic E-state index is 1.12. The third-order valence-corrected chi connectivity index (χ3v) is 3.43. The predicted molar refractivity (Wildman–Crippen MR) is 73.8 cm³/mol. The van der Waals surface area contributed by atoms with Crippen LogP contribution in [0, 0.1) is 6.92 Å². The highest BCUT2D eigenvalue weighted by Gasteiger charge is 2.21. The van der Waals surface area contributed by atoms with Crippen LogP contribution in [0.1, 0.15) is 16.7 Å². The summed E-state index contributed by atoms with van der Waals surface area (Å²) in [6.45, 7) is 6.36. The lowest BCUT2D eigenvalue weighted by Gasteiger charge is -2.31. The third-order valence-electron chi connectivity index (χ3n) is 3.43. The van der Waals surface area contributed by atoms with Crippen molar-refractivity contribution in [1.82, 2.24) is 0 Å². The molecule has 1 aliphatic rings. The fraction of sp³-hybridized carbons (Fsp3) is 0.125. The molecule has 0 unspecified atom stereocenters. The number of fused-ring (bicyclic) bond motifs is 2. The topological polar surface area (TPSA) is 3.24 Å². The summed E-state index contributed by atoms with van der Waals surface area (Å²) in [5, 5.41) is 0. The maximum atomic E-state index is 4.23. The molecule has 1 heterocycles. The summed E-state index contributed by atoms with van der Waals surface area (Å²) < 4.78 is 0. The van der Waals surface area contributed by atoms with Gasteiger partial charge in [0, 0.05) is 29.5 Å². The lowest BCUT2D eigenvalue weighted by Crippen LogP contribution is -2.17. The van der Waals surface area contributed by atoms with E-state index >= 15 is 0 Å². The third kappa shape index (κ3) is 1.39. The van der Waals surface area contributed by atoms with E-state index in [9.17, 15) is 0 Å². The van der Waals surface area contributed by atoms with E-state index in [0.29, 0.717) is 0 Å². The van der Waals surface area contributed by atoms with Crippen molar-refractivity contribution < 1.29 is 0 Å². The summed E-state index contributed by atoms with van der Waals surface area (Å²) in [7, 11) is 2.11. The molecule has 1 heteroatoms. The number of benzene rings is 2. The molecule has 1 aliphatic heterocycles. The van der Waals surface area contributed by atoms with E-state index in [-0.39, 0.29) is 0 Å². The highest BCUT2D eigenvalue weighted by Crippen LogP contribution is 2.43. The molecular formula is C16H15N. The zero-order chi connectivity index (χ0) is 12.0. The van der Waals surface area contributed by atoms with Crippen molar-refractivity contribution in [3.05, 3.63) is 65.7 Å². The molecule has 0 spiro atoms. The standard InChI is InChI=1S/C16H15N/c1-11-8-9-14-12(2)13-6-4-5-7-15(13)17(3)16(14)10-11/h4-10H,2H2,1,3H3. The van der Waals surface area contributed by atoms with Gasteiger partial charge in [-0.1, -0.05) is 36.9 Å². The lowest BCUT2D eigenvalue weighted by atomic mass is 9.91. The summed E-state index contributed by atoms with van der Waals surface area (Å²) >= 11 is 0. The summed E-state index contributed by atoms with van der Waals surface area (Å²) in [6.07, 6.45) is 0. The van der Waals surface area contributed by atoms with Gasteiger partial charge in [0.15, 0.2) is 0 Å². The maximum Gasteiger partial charge on any atom is 0.0490 e. The van der Waals surface area contributed by atoms with Crippen molar-refractivity contribution in [2.45, 2.75) is 6.92 Å². The second-order valence-electron chi connectivity index (χ2n) is 4.58. The van der Waals surface area contributed by atoms with Crippen molar-refractivity contribution in [3.63, 3.8) is 0 Å². The minimum absolute atomic E-state index is 1.12. The van der Waals surface area contributed by atoms with Gasteiger partial charge in [-0.15, -0.1) is 0 Å². The molecular weight excluding hydrogens is 206 g/mol. The molecule has 0 fully saturated rings. The molecule has 0 atom stereocenters. The van der Waals surface area contributed by atoms with Gasteiger partial charge >= 0.3 is 0 Å². The van der Waals surface area contributed by atoms with E-state index in [1.807, 2.05) is 0 Å². The summed E-state index contributed by atoms with van der Waals surface area (Å²) in [5.74, 6) is 0. The van der Waals surface area contributed by atoms with Crippen molar-refractivity contribution in [3.8, 4) is 0 Å². The molecule has 0 amide bonds. The Morgan fingerprint density at radius 3 is 2.47 bits per heavy atom. The van der Waals surface area contributed by atoms with Crippen molar-refractivity contribution >= 4 is 16.9 Å². The Balaban J connectivity index is 2.29. The van der Waals surface area contributed by atoms with Crippen molar-refractivity contribution in [2.24, 2.45) is 0 Å². The molecule has 0 aromatic heterocycles. The van der Waals surface area contributed by atoms with Gasteiger partial charge < -0.3 is 4.90 Å². The first-order valence-electron chi connectivity index (χ1n) is 5.81. The highest BCUT2D eigenvalue weighted by atomic mass is 15.1. The van der Waals surface area contributed by atoms with Gasteiger partial charge in [-0.3, -0.25) is 0 Å². The zero-order valence-corrected chi connectivity index (χ0v) is 10.2. The number of rotatable bonds is 0. The normalized spacial score (nSPS) is 13.3. The smallest absolute Gasteiger partial charge is 0.0490 e. The molecule has 2 aromatic rings. The Bertz CT molecular complexity index is 611. The molecule has 0 radical (unpaired) electrons. The minimum Gasteiger partial charge on any atom is -0.344 e. The van der Waals surface area contributed by atoms with E-state index in [1.165, 1.54) is 28.1 Å². The summed E-state index contributed by atoms with van der Waals surface area (Å²) in [6, 6.07) is 14.9. The van der Waals surface area contributed by atoms with Crippen LogP contribution >= 0.6 is 0 Å². The monoisotopic (exact) mass is 221 g/mol. The SMILES string of the molecule is C=C1c2ccccc2N(C)c2cc(C)ccc21. The van der Waals surface area contributed by atoms with Gasteiger partial charge in [0.25, 0.3) is 0 Å². The molecule has 0 bridgehead atoms. The Morgan fingerprint density at radius 1 is 0.941 bits per heavy atom. The van der Waals surface area contributed by atoms with Crippen LogP contribution in [-0.2, 0) is 0 Å². The van der Waals surface area contributed by atoms with Gasteiger partial charge in [0.1, 0.15) is 0 Å². The Hall–Kier alpha value is -2.02. The van der Waals surface area contributed by atoms with Crippen LogP contribution in [0.25, 0.3) is 5.57 Å². The molecule has 84 valence electrons. The number of nitrogens with zero attached hydrogens (tertiary/aromatic N) is 1. The van der Waals surface area contributed by atoms with Crippen LogP contribution in [-0.4, -0.2) is 7.05 Å².